The molecule has 8 nitrogen and oxygen atoms in total. The van der Waals surface area contributed by atoms with Gasteiger partial charge < -0.3 is 25.0 Å². The molecule has 0 aliphatic rings. The molecule has 0 saturated carbocycles. The molecule has 112 valence electrons. The molecule has 2 amide bonds. The van der Waals surface area contributed by atoms with Gasteiger partial charge in [0.05, 0.1) is 23.8 Å². The Hall–Kier alpha value is -3.29. The first-order valence-corrected chi connectivity index (χ1v) is 6.45. The molecule has 0 aliphatic heterocycles. The van der Waals surface area contributed by atoms with E-state index in [0.717, 1.165) is 0 Å². The highest BCUT2D eigenvalue weighted by molar-refractivity contribution is 5.98. The van der Waals surface area contributed by atoms with E-state index in [1.807, 2.05) is 0 Å². The number of anilines is 1. The molecule has 2 aromatic heterocycles. The van der Waals surface area contributed by atoms with E-state index >= 15 is 0 Å². The first-order valence-electron chi connectivity index (χ1n) is 6.45. The molecule has 0 atom stereocenters. The van der Waals surface area contributed by atoms with Gasteiger partial charge >= 0.3 is 5.69 Å². The SMILES string of the molecule is O=C(CNC(=O)c1ccco1)Nc1ccc2[nH]c(=O)[nH]c2c1. The molecule has 0 fully saturated rings. The predicted octanol–water partition coefficient (Wildman–Crippen LogP) is 0.818. The number of amides is 2. The van der Waals surface area contributed by atoms with Gasteiger partial charge in [-0.2, -0.15) is 0 Å². The summed E-state index contributed by atoms with van der Waals surface area (Å²) in [5.41, 5.74) is 1.43. The lowest BCUT2D eigenvalue weighted by molar-refractivity contribution is -0.115. The standard InChI is InChI=1S/C14H12N4O4/c19-12(7-15-13(20)11-2-1-5-22-11)16-8-3-4-9-10(6-8)18-14(21)17-9/h1-6H,7H2,(H,15,20)(H,16,19)(H2,17,18,21). The van der Waals surface area contributed by atoms with Crippen LogP contribution in [0.3, 0.4) is 0 Å². The van der Waals surface area contributed by atoms with Gasteiger partial charge in [-0.1, -0.05) is 0 Å². The van der Waals surface area contributed by atoms with Crippen LogP contribution in [0.25, 0.3) is 11.0 Å². The lowest BCUT2D eigenvalue weighted by Gasteiger charge is -2.06. The maximum Gasteiger partial charge on any atom is 0.323 e. The maximum absolute atomic E-state index is 11.8. The quantitative estimate of drug-likeness (QED) is 0.570. The van der Waals surface area contributed by atoms with Crippen molar-refractivity contribution >= 4 is 28.5 Å². The van der Waals surface area contributed by atoms with Gasteiger partial charge in [-0.15, -0.1) is 0 Å². The number of aromatic nitrogens is 2. The maximum atomic E-state index is 11.8. The van der Waals surface area contributed by atoms with Crippen molar-refractivity contribution in [3.8, 4) is 0 Å². The Balaban J connectivity index is 1.60. The number of imidazole rings is 1. The summed E-state index contributed by atoms with van der Waals surface area (Å²) >= 11 is 0. The first kappa shape index (κ1) is 13.7. The molecule has 0 aliphatic carbocycles. The molecule has 8 heteroatoms. The molecular formula is C14H12N4O4. The Morgan fingerprint density at radius 1 is 1.14 bits per heavy atom. The van der Waals surface area contributed by atoms with Crippen molar-refractivity contribution in [1.82, 2.24) is 15.3 Å². The van der Waals surface area contributed by atoms with Crippen LogP contribution in [-0.2, 0) is 4.79 Å². The van der Waals surface area contributed by atoms with Crippen molar-refractivity contribution in [2.75, 3.05) is 11.9 Å². The highest BCUT2D eigenvalue weighted by Gasteiger charge is 2.10. The van der Waals surface area contributed by atoms with Crippen LogP contribution in [0.1, 0.15) is 10.6 Å². The summed E-state index contributed by atoms with van der Waals surface area (Å²) in [6.07, 6.45) is 1.38. The number of carbonyl (C=O) groups is 2. The van der Waals surface area contributed by atoms with Crippen LogP contribution in [0, 0.1) is 0 Å². The van der Waals surface area contributed by atoms with E-state index < -0.39 is 11.8 Å². The zero-order valence-electron chi connectivity index (χ0n) is 11.3. The van der Waals surface area contributed by atoms with E-state index in [2.05, 4.69) is 20.6 Å². The molecule has 0 bridgehead atoms. The second kappa shape index (κ2) is 5.60. The summed E-state index contributed by atoms with van der Waals surface area (Å²) in [5, 5.41) is 5.06. The number of H-pyrrole nitrogens is 2. The average Bonchev–Trinajstić information content (AvgIpc) is 3.12. The molecular weight excluding hydrogens is 288 g/mol. The zero-order chi connectivity index (χ0) is 15.5. The van der Waals surface area contributed by atoms with Crippen molar-refractivity contribution in [3.63, 3.8) is 0 Å². The Morgan fingerprint density at radius 3 is 2.73 bits per heavy atom. The fourth-order valence-corrected chi connectivity index (χ4v) is 1.97. The van der Waals surface area contributed by atoms with E-state index in [-0.39, 0.29) is 18.0 Å². The average molecular weight is 300 g/mol. The number of hydrogen-bond acceptors (Lipinski definition) is 4. The number of hydrogen-bond donors (Lipinski definition) is 4. The largest absolute Gasteiger partial charge is 0.459 e. The molecule has 0 saturated heterocycles. The third-order valence-corrected chi connectivity index (χ3v) is 2.95. The number of benzene rings is 1. The van der Waals surface area contributed by atoms with Crippen LogP contribution in [0.4, 0.5) is 5.69 Å². The minimum atomic E-state index is -0.467. The molecule has 2 heterocycles. The fourth-order valence-electron chi connectivity index (χ4n) is 1.97. The van der Waals surface area contributed by atoms with Gasteiger partial charge in [0.1, 0.15) is 0 Å². The van der Waals surface area contributed by atoms with Crippen molar-refractivity contribution < 1.29 is 14.0 Å². The normalized spacial score (nSPS) is 10.5. The molecule has 0 unspecified atom stereocenters. The van der Waals surface area contributed by atoms with Crippen molar-refractivity contribution in [3.05, 3.63) is 52.8 Å². The lowest BCUT2D eigenvalue weighted by atomic mass is 10.2. The molecule has 4 N–H and O–H groups in total. The van der Waals surface area contributed by atoms with Gasteiger partial charge in [0.25, 0.3) is 5.91 Å². The minimum absolute atomic E-state index is 0.138. The first-order chi connectivity index (χ1) is 10.6. The van der Waals surface area contributed by atoms with Gasteiger partial charge in [0, 0.05) is 5.69 Å². The summed E-state index contributed by atoms with van der Waals surface area (Å²) in [5.74, 6) is -0.721. The second-order valence-corrected chi connectivity index (χ2v) is 4.55. The van der Waals surface area contributed by atoms with Gasteiger partial charge in [-0.05, 0) is 30.3 Å². The van der Waals surface area contributed by atoms with Crippen LogP contribution >= 0.6 is 0 Å². The smallest absolute Gasteiger partial charge is 0.323 e. The summed E-state index contributed by atoms with van der Waals surface area (Å²) in [7, 11) is 0. The highest BCUT2D eigenvalue weighted by atomic mass is 16.3. The molecule has 3 rings (SSSR count). The third-order valence-electron chi connectivity index (χ3n) is 2.95. The summed E-state index contributed by atoms with van der Waals surface area (Å²) < 4.78 is 4.92. The fraction of sp³-hybridized carbons (Fsp3) is 0.0714. The van der Waals surface area contributed by atoms with Gasteiger partial charge in [-0.3, -0.25) is 9.59 Å². The number of aromatic amines is 2. The number of carbonyl (C=O) groups excluding carboxylic acids is 2. The van der Waals surface area contributed by atoms with Gasteiger partial charge in [0.15, 0.2) is 5.76 Å². The van der Waals surface area contributed by atoms with Crippen LogP contribution in [0.5, 0.6) is 0 Å². The molecule has 22 heavy (non-hydrogen) atoms. The van der Waals surface area contributed by atoms with Crippen molar-refractivity contribution in [1.29, 1.82) is 0 Å². The lowest BCUT2D eigenvalue weighted by Crippen LogP contribution is -2.32. The van der Waals surface area contributed by atoms with Crippen molar-refractivity contribution in [2.24, 2.45) is 0 Å². The van der Waals surface area contributed by atoms with Crippen molar-refractivity contribution in [2.45, 2.75) is 0 Å². The number of nitrogens with one attached hydrogen (secondary N) is 4. The summed E-state index contributed by atoms with van der Waals surface area (Å²) in [4.78, 5) is 39.8. The van der Waals surface area contributed by atoms with E-state index in [1.165, 1.54) is 12.3 Å². The number of fused-ring (bicyclic) bond motifs is 1. The van der Waals surface area contributed by atoms with Gasteiger partial charge in [-0.25, -0.2) is 4.79 Å². The Kier molecular flexibility index (Phi) is 3.48. The van der Waals surface area contributed by atoms with Crippen LogP contribution in [0.2, 0.25) is 0 Å². The molecule has 0 spiro atoms. The molecule has 0 radical (unpaired) electrons. The predicted molar refractivity (Wildman–Crippen MR) is 78.6 cm³/mol. The topological polar surface area (TPSA) is 120 Å². The highest BCUT2D eigenvalue weighted by Crippen LogP contribution is 2.14. The summed E-state index contributed by atoms with van der Waals surface area (Å²) in [6.45, 7) is -0.193. The Bertz CT molecular complexity index is 876. The Labute approximate surface area is 123 Å². The molecule has 3 aromatic rings. The van der Waals surface area contributed by atoms with Crippen LogP contribution in [-0.4, -0.2) is 28.3 Å². The van der Waals surface area contributed by atoms with Gasteiger partial charge in [0.2, 0.25) is 5.91 Å². The van der Waals surface area contributed by atoms with E-state index in [9.17, 15) is 14.4 Å². The zero-order valence-corrected chi connectivity index (χ0v) is 11.3. The number of furan rings is 1. The second-order valence-electron chi connectivity index (χ2n) is 4.55. The monoisotopic (exact) mass is 300 g/mol. The third kappa shape index (κ3) is 2.90. The van der Waals surface area contributed by atoms with Crippen LogP contribution < -0.4 is 16.3 Å². The Morgan fingerprint density at radius 2 is 1.95 bits per heavy atom. The number of rotatable bonds is 4. The minimum Gasteiger partial charge on any atom is -0.459 e. The van der Waals surface area contributed by atoms with E-state index in [0.29, 0.717) is 16.7 Å². The molecule has 1 aromatic carbocycles. The van der Waals surface area contributed by atoms with E-state index in [4.69, 9.17) is 4.42 Å². The summed E-state index contributed by atoms with van der Waals surface area (Å²) in [6, 6.07) is 8.04. The van der Waals surface area contributed by atoms with Crippen LogP contribution in [0.15, 0.2) is 45.8 Å². The van der Waals surface area contributed by atoms with E-state index in [1.54, 1.807) is 24.3 Å².